The van der Waals surface area contributed by atoms with Gasteiger partial charge in [-0.3, -0.25) is 19.3 Å². The van der Waals surface area contributed by atoms with Crippen molar-refractivity contribution in [3.63, 3.8) is 0 Å². The SMILES string of the molecule is COCCNC(=O)[C@H]1COC2(CCN(C(=O)c3cccc(Cl)c3)CC2)N1C(=O)c1ccc(OC)cc1. The quantitative estimate of drug-likeness (QED) is 0.569. The van der Waals surface area contributed by atoms with E-state index in [1.54, 1.807) is 72.6 Å². The monoisotopic (exact) mass is 515 g/mol. The molecule has 1 atom stereocenters. The van der Waals surface area contributed by atoms with E-state index in [0.717, 1.165) is 0 Å². The number of nitrogens with one attached hydrogen (secondary N) is 1. The van der Waals surface area contributed by atoms with Crippen molar-refractivity contribution in [1.82, 2.24) is 15.1 Å². The Labute approximate surface area is 215 Å². The Morgan fingerprint density at radius 2 is 1.78 bits per heavy atom. The van der Waals surface area contributed by atoms with Crippen LogP contribution in [0.3, 0.4) is 0 Å². The Morgan fingerprint density at radius 3 is 2.42 bits per heavy atom. The number of amides is 3. The number of hydrogen-bond acceptors (Lipinski definition) is 6. The molecule has 0 saturated carbocycles. The zero-order valence-corrected chi connectivity index (χ0v) is 21.1. The van der Waals surface area contributed by atoms with Gasteiger partial charge in [-0.25, -0.2) is 0 Å². The molecule has 192 valence electrons. The van der Waals surface area contributed by atoms with Crippen LogP contribution in [0.2, 0.25) is 5.02 Å². The van der Waals surface area contributed by atoms with Gasteiger partial charge in [0.15, 0.2) is 0 Å². The summed E-state index contributed by atoms with van der Waals surface area (Å²) in [5, 5.41) is 3.31. The second kappa shape index (κ2) is 11.3. The van der Waals surface area contributed by atoms with Gasteiger partial charge in [0, 0.05) is 55.7 Å². The molecule has 0 aromatic heterocycles. The third kappa shape index (κ3) is 5.33. The van der Waals surface area contributed by atoms with Gasteiger partial charge in [0.05, 0.1) is 20.3 Å². The molecule has 2 heterocycles. The Balaban J connectivity index is 1.55. The molecular weight excluding hydrogens is 486 g/mol. The summed E-state index contributed by atoms with van der Waals surface area (Å²) < 4.78 is 16.4. The van der Waals surface area contributed by atoms with Crippen molar-refractivity contribution in [3.05, 3.63) is 64.7 Å². The highest BCUT2D eigenvalue weighted by Gasteiger charge is 2.54. The maximum absolute atomic E-state index is 13.7. The molecule has 9 nitrogen and oxygen atoms in total. The van der Waals surface area contributed by atoms with Crippen LogP contribution in [0.5, 0.6) is 5.75 Å². The van der Waals surface area contributed by atoms with E-state index in [0.29, 0.717) is 61.0 Å². The molecule has 3 amide bonds. The van der Waals surface area contributed by atoms with Gasteiger partial charge in [0.25, 0.3) is 11.8 Å². The molecule has 10 heteroatoms. The van der Waals surface area contributed by atoms with Gasteiger partial charge in [-0.15, -0.1) is 0 Å². The fourth-order valence-electron chi connectivity index (χ4n) is 4.70. The first-order valence-corrected chi connectivity index (χ1v) is 12.2. The molecule has 36 heavy (non-hydrogen) atoms. The normalized spacial score (nSPS) is 18.8. The van der Waals surface area contributed by atoms with Crippen molar-refractivity contribution in [2.45, 2.75) is 24.6 Å². The van der Waals surface area contributed by atoms with Crippen molar-refractivity contribution in [2.75, 3.05) is 47.1 Å². The van der Waals surface area contributed by atoms with Crippen molar-refractivity contribution in [1.29, 1.82) is 0 Å². The lowest BCUT2D eigenvalue weighted by atomic mass is 9.96. The summed E-state index contributed by atoms with van der Waals surface area (Å²) in [6, 6.07) is 12.8. The molecule has 0 unspecified atom stereocenters. The molecule has 2 saturated heterocycles. The summed E-state index contributed by atoms with van der Waals surface area (Å²) in [5.74, 6) is -0.118. The van der Waals surface area contributed by atoms with Crippen LogP contribution in [0.15, 0.2) is 48.5 Å². The lowest BCUT2D eigenvalue weighted by Crippen LogP contribution is -2.60. The van der Waals surface area contributed by atoms with Gasteiger partial charge in [-0.05, 0) is 42.5 Å². The minimum absolute atomic E-state index is 0.0724. The van der Waals surface area contributed by atoms with E-state index in [1.165, 1.54) is 0 Å². The van der Waals surface area contributed by atoms with Crippen molar-refractivity contribution < 1.29 is 28.6 Å². The van der Waals surface area contributed by atoms with Crippen LogP contribution >= 0.6 is 11.6 Å². The maximum Gasteiger partial charge on any atom is 0.256 e. The number of piperidine rings is 1. The van der Waals surface area contributed by atoms with Crippen LogP contribution in [-0.2, 0) is 14.3 Å². The van der Waals surface area contributed by atoms with E-state index in [2.05, 4.69) is 5.32 Å². The third-order valence-corrected chi connectivity index (χ3v) is 6.86. The number of carbonyl (C=O) groups excluding carboxylic acids is 3. The molecule has 2 aromatic carbocycles. The highest BCUT2D eigenvalue weighted by Crippen LogP contribution is 2.39. The van der Waals surface area contributed by atoms with Gasteiger partial charge < -0.3 is 24.4 Å². The van der Waals surface area contributed by atoms with E-state index in [4.69, 9.17) is 25.8 Å². The molecule has 4 rings (SSSR count). The predicted molar refractivity (Wildman–Crippen MR) is 133 cm³/mol. The number of nitrogens with zero attached hydrogens (tertiary/aromatic N) is 2. The molecule has 0 aliphatic carbocycles. The summed E-state index contributed by atoms with van der Waals surface area (Å²) in [4.78, 5) is 43.1. The first-order valence-electron chi connectivity index (χ1n) is 11.8. The Kier molecular flexibility index (Phi) is 8.13. The number of methoxy groups -OCH3 is 2. The molecule has 1 N–H and O–H groups in total. The smallest absolute Gasteiger partial charge is 0.256 e. The van der Waals surface area contributed by atoms with Crippen LogP contribution in [0.25, 0.3) is 0 Å². The Morgan fingerprint density at radius 1 is 1.06 bits per heavy atom. The summed E-state index contributed by atoms with van der Waals surface area (Å²) in [5.41, 5.74) is -0.0640. The van der Waals surface area contributed by atoms with Crippen LogP contribution in [-0.4, -0.2) is 86.4 Å². The minimum Gasteiger partial charge on any atom is -0.497 e. The number of carbonyl (C=O) groups is 3. The second-order valence-electron chi connectivity index (χ2n) is 8.76. The summed E-state index contributed by atoms with van der Waals surface area (Å²) >= 11 is 6.06. The highest BCUT2D eigenvalue weighted by molar-refractivity contribution is 6.30. The minimum atomic E-state index is -0.995. The van der Waals surface area contributed by atoms with Gasteiger partial charge in [0.1, 0.15) is 17.5 Å². The number of ether oxygens (including phenoxy) is 3. The first-order chi connectivity index (χ1) is 17.4. The lowest BCUT2D eigenvalue weighted by molar-refractivity contribution is -0.128. The number of hydrogen-bond donors (Lipinski definition) is 1. The molecule has 2 fully saturated rings. The standard InChI is InChI=1S/C26H30ClN3O6/c1-34-15-12-28-23(31)22-17-36-26(30(22)25(33)18-6-8-21(35-2)9-7-18)10-13-29(14-11-26)24(32)19-4-3-5-20(27)16-19/h3-9,16,22H,10-15,17H2,1-2H3,(H,28,31)/t22-/m1/s1. The molecule has 2 aliphatic rings. The summed E-state index contributed by atoms with van der Waals surface area (Å²) in [6.45, 7) is 1.50. The molecule has 0 radical (unpaired) electrons. The van der Waals surface area contributed by atoms with Crippen LogP contribution in [0.1, 0.15) is 33.6 Å². The zero-order chi connectivity index (χ0) is 25.7. The van der Waals surface area contributed by atoms with Gasteiger partial charge in [-0.1, -0.05) is 17.7 Å². The molecule has 0 bridgehead atoms. The Bertz CT molecular complexity index is 1100. The fourth-order valence-corrected chi connectivity index (χ4v) is 4.89. The van der Waals surface area contributed by atoms with E-state index in [1.807, 2.05) is 0 Å². The van der Waals surface area contributed by atoms with Crippen molar-refractivity contribution >= 4 is 29.3 Å². The van der Waals surface area contributed by atoms with Crippen molar-refractivity contribution in [3.8, 4) is 5.75 Å². The van der Waals surface area contributed by atoms with Crippen LogP contribution in [0, 0.1) is 0 Å². The Hall–Kier alpha value is -3.14. The largest absolute Gasteiger partial charge is 0.497 e. The van der Waals surface area contributed by atoms with E-state index in [-0.39, 0.29) is 24.3 Å². The molecule has 1 spiro atoms. The number of rotatable bonds is 7. The van der Waals surface area contributed by atoms with E-state index in [9.17, 15) is 14.4 Å². The first kappa shape index (κ1) is 25.9. The number of likely N-dealkylation sites (tertiary alicyclic amines) is 1. The van der Waals surface area contributed by atoms with Crippen LogP contribution < -0.4 is 10.1 Å². The molecular formula is C26H30ClN3O6. The van der Waals surface area contributed by atoms with E-state index >= 15 is 0 Å². The summed E-state index contributed by atoms with van der Waals surface area (Å²) in [7, 11) is 3.11. The average Bonchev–Trinajstić information content (AvgIpc) is 3.27. The predicted octanol–water partition coefficient (Wildman–Crippen LogP) is 2.58. The molecule has 2 aliphatic heterocycles. The maximum atomic E-state index is 13.7. The number of benzene rings is 2. The van der Waals surface area contributed by atoms with E-state index < -0.39 is 11.8 Å². The van der Waals surface area contributed by atoms with Gasteiger partial charge >= 0.3 is 0 Å². The van der Waals surface area contributed by atoms with Crippen molar-refractivity contribution in [2.24, 2.45) is 0 Å². The molecule has 2 aromatic rings. The number of halogens is 1. The third-order valence-electron chi connectivity index (χ3n) is 6.63. The van der Waals surface area contributed by atoms with Crippen LogP contribution in [0.4, 0.5) is 0 Å². The fraction of sp³-hybridized carbons (Fsp3) is 0.423. The van der Waals surface area contributed by atoms with Gasteiger partial charge in [-0.2, -0.15) is 0 Å². The second-order valence-corrected chi connectivity index (χ2v) is 9.20. The topological polar surface area (TPSA) is 97.4 Å². The lowest BCUT2D eigenvalue weighted by Gasteiger charge is -2.44. The zero-order valence-electron chi connectivity index (χ0n) is 20.4. The summed E-state index contributed by atoms with van der Waals surface area (Å²) in [6.07, 6.45) is 0.756. The average molecular weight is 516 g/mol. The highest BCUT2D eigenvalue weighted by atomic mass is 35.5. The van der Waals surface area contributed by atoms with Gasteiger partial charge in [0.2, 0.25) is 5.91 Å².